The van der Waals surface area contributed by atoms with Gasteiger partial charge in [-0.15, -0.1) is 0 Å². The Hall–Kier alpha value is -4.69. The first-order valence-electron chi connectivity index (χ1n) is 17.2. The Morgan fingerprint density at radius 1 is 0.812 bits per heavy atom. The number of amides is 2. The molecule has 1 aliphatic carbocycles. The number of nitrogens with zero attached hydrogens (tertiary/aromatic N) is 4. The van der Waals surface area contributed by atoms with Gasteiger partial charge in [0, 0.05) is 64.3 Å². The lowest BCUT2D eigenvalue weighted by molar-refractivity contribution is -0.134. The first-order chi connectivity index (χ1) is 23.1. The highest BCUT2D eigenvalue weighted by Crippen LogP contribution is 2.36. The summed E-state index contributed by atoms with van der Waals surface area (Å²) in [4.78, 5) is 37.8. The number of hydrogen-bond donors (Lipinski definition) is 2. The van der Waals surface area contributed by atoms with Gasteiger partial charge in [0.2, 0.25) is 11.8 Å². The van der Waals surface area contributed by atoms with Crippen molar-refractivity contribution in [3.8, 4) is 11.1 Å². The van der Waals surface area contributed by atoms with E-state index in [0.717, 1.165) is 84.0 Å². The second kappa shape index (κ2) is 14.6. The molecule has 6 rings (SSSR count). The molecule has 4 aromatic rings. The molecule has 1 aliphatic heterocycles. The minimum Gasteiger partial charge on any atom is -0.366 e. The van der Waals surface area contributed by atoms with Crippen LogP contribution in [0.5, 0.6) is 0 Å². The van der Waals surface area contributed by atoms with Crippen molar-refractivity contribution in [2.45, 2.75) is 59.7 Å². The molecule has 2 amide bonds. The number of piperazine rings is 1. The second-order valence-corrected chi connectivity index (χ2v) is 14.4. The van der Waals surface area contributed by atoms with Gasteiger partial charge in [0.25, 0.3) is 0 Å². The molecule has 1 saturated carbocycles. The number of anilines is 3. The standard InChI is InChI=1S/C40H48N6O2/c1-40(2,3)25-38(47)46(27-30-9-6-8-29(22-30)26-41)28-31-10-7-11-33(23-31)34-15-16-36(35(24-34)43-39(48)32-13-14-32)44-18-20-45(21-19-44)37-12-4-5-17-42-37/h4-12,15-17,22-24,32H,13-14,18-21,25-28,41H2,1-3H3,(H,43,48). The van der Waals surface area contributed by atoms with Crippen molar-refractivity contribution in [1.29, 1.82) is 0 Å². The predicted octanol–water partition coefficient (Wildman–Crippen LogP) is 6.85. The largest absolute Gasteiger partial charge is 0.366 e. The third-order valence-corrected chi connectivity index (χ3v) is 9.06. The average Bonchev–Trinajstić information content (AvgIpc) is 3.94. The zero-order chi connectivity index (χ0) is 33.7. The highest BCUT2D eigenvalue weighted by atomic mass is 16.2. The molecule has 8 heteroatoms. The van der Waals surface area contributed by atoms with Crippen LogP contribution >= 0.6 is 0 Å². The van der Waals surface area contributed by atoms with E-state index in [1.807, 2.05) is 35.4 Å². The fraction of sp³-hybridized carbons (Fsp3) is 0.375. The number of carbonyl (C=O) groups excluding carboxylic acids is 2. The van der Waals surface area contributed by atoms with E-state index in [9.17, 15) is 9.59 Å². The van der Waals surface area contributed by atoms with Gasteiger partial charge >= 0.3 is 0 Å². The van der Waals surface area contributed by atoms with Crippen LogP contribution in [0.15, 0.2) is 91.1 Å². The summed E-state index contributed by atoms with van der Waals surface area (Å²) < 4.78 is 0. The number of rotatable bonds is 11. The third-order valence-electron chi connectivity index (χ3n) is 9.06. The van der Waals surface area contributed by atoms with Crippen LogP contribution in [-0.4, -0.2) is 47.9 Å². The van der Waals surface area contributed by atoms with Gasteiger partial charge in [-0.2, -0.15) is 0 Å². The smallest absolute Gasteiger partial charge is 0.227 e. The summed E-state index contributed by atoms with van der Waals surface area (Å²) in [5.74, 6) is 1.33. The maximum Gasteiger partial charge on any atom is 0.227 e. The topological polar surface area (TPSA) is 94.8 Å². The molecule has 8 nitrogen and oxygen atoms in total. The van der Waals surface area contributed by atoms with Gasteiger partial charge in [0.1, 0.15) is 5.82 Å². The van der Waals surface area contributed by atoms with Crippen LogP contribution in [0, 0.1) is 11.3 Å². The number of nitrogens with one attached hydrogen (secondary N) is 1. The third kappa shape index (κ3) is 8.61. The average molecular weight is 645 g/mol. The lowest BCUT2D eigenvalue weighted by Crippen LogP contribution is -2.47. The summed E-state index contributed by atoms with van der Waals surface area (Å²) >= 11 is 0. The first-order valence-corrected chi connectivity index (χ1v) is 17.2. The number of pyridine rings is 1. The molecular weight excluding hydrogens is 596 g/mol. The van der Waals surface area contributed by atoms with Crippen LogP contribution in [-0.2, 0) is 29.2 Å². The molecule has 0 radical (unpaired) electrons. The molecule has 2 aliphatic rings. The molecule has 1 saturated heterocycles. The Morgan fingerprint density at radius 3 is 2.15 bits per heavy atom. The Labute approximate surface area is 285 Å². The lowest BCUT2D eigenvalue weighted by Gasteiger charge is -2.37. The molecule has 0 unspecified atom stereocenters. The van der Waals surface area contributed by atoms with Crippen LogP contribution < -0.4 is 20.9 Å². The van der Waals surface area contributed by atoms with Crippen LogP contribution in [0.1, 0.15) is 56.7 Å². The van der Waals surface area contributed by atoms with Crippen LogP contribution in [0.2, 0.25) is 0 Å². The molecule has 250 valence electrons. The summed E-state index contributed by atoms with van der Waals surface area (Å²) in [5.41, 5.74) is 13.0. The summed E-state index contributed by atoms with van der Waals surface area (Å²) in [7, 11) is 0. The quantitative estimate of drug-likeness (QED) is 0.186. The molecular formula is C40H48N6O2. The van der Waals surface area contributed by atoms with Crippen molar-refractivity contribution < 1.29 is 9.59 Å². The lowest BCUT2D eigenvalue weighted by atomic mass is 9.91. The van der Waals surface area contributed by atoms with E-state index < -0.39 is 0 Å². The van der Waals surface area contributed by atoms with Crippen molar-refractivity contribution in [2.75, 3.05) is 41.3 Å². The second-order valence-electron chi connectivity index (χ2n) is 14.4. The number of nitrogens with two attached hydrogens (primary N) is 1. The minimum atomic E-state index is -0.121. The summed E-state index contributed by atoms with van der Waals surface area (Å²) in [6, 6.07) is 29.0. The van der Waals surface area contributed by atoms with E-state index in [1.165, 1.54) is 0 Å². The summed E-state index contributed by atoms with van der Waals surface area (Å²) in [6.45, 7) is 11.2. The molecule has 3 aromatic carbocycles. The number of benzene rings is 3. The van der Waals surface area contributed by atoms with Gasteiger partial charge in [-0.25, -0.2) is 4.98 Å². The molecule has 2 fully saturated rings. The van der Waals surface area contributed by atoms with Crippen molar-refractivity contribution in [3.63, 3.8) is 0 Å². The molecule has 0 atom stereocenters. The maximum absolute atomic E-state index is 13.6. The van der Waals surface area contributed by atoms with Crippen molar-refractivity contribution in [3.05, 3.63) is 108 Å². The number of hydrogen-bond acceptors (Lipinski definition) is 6. The Morgan fingerprint density at radius 2 is 1.48 bits per heavy atom. The van der Waals surface area contributed by atoms with Crippen LogP contribution in [0.3, 0.4) is 0 Å². The van der Waals surface area contributed by atoms with Crippen molar-refractivity contribution in [1.82, 2.24) is 9.88 Å². The first kappa shape index (κ1) is 33.2. The van der Waals surface area contributed by atoms with E-state index in [1.54, 1.807) is 0 Å². The number of aromatic nitrogens is 1. The van der Waals surface area contributed by atoms with E-state index in [-0.39, 0.29) is 23.1 Å². The van der Waals surface area contributed by atoms with Crippen LogP contribution in [0.4, 0.5) is 17.2 Å². The normalized spacial score (nSPS) is 14.9. The monoisotopic (exact) mass is 644 g/mol. The maximum atomic E-state index is 13.6. The summed E-state index contributed by atoms with van der Waals surface area (Å²) in [6.07, 6.45) is 4.20. The van der Waals surface area contributed by atoms with Gasteiger partial charge < -0.3 is 25.8 Å². The predicted molar refractivity (Wildman–Crippen MR) is 195 cm³/mol. The molecule has 48 heavy (non-hydrogen) atoms. The fourth-order valence-electron chi connectivity index (χ4n) is 6.33. The molecule has 1 aromatic heterocycles. The van der Waals surface area contributed by atoms with Gasteiger partial charge in [0.15, 0.2) is 0 Å². The molecule has 2 heterocycles. The number of carbonyl (C=O) groups is 2. The molecule has 0 bridgehead atoms. The highest BCUT2D eigenvalue weighted by Gasteiger charge is 2.31. The van der Waals surface area contributed by atoms with Gasteiger partial charge in [-0.1, -0.05) is 75.4 Å². The van der Waals surface area contributed by atoms with E-state index in [0.29, 0.717) is 26.1 Å². The van der Waals surface area contributed by atoms with Crippen LogP contribution in [0.25, 0.3) is 11.1 Å². The van der Waals surface area contributed by atoms with Gasteiger partial charge in [0.05, 0.1) is 11.4 Å². The summed E-state index contributed by atoms with van der Waals surface area (Å²) in [5, 5.41) is 3.27. The fourth-order valence-corrected chi connectivity index (χ4v) is 6.33. The molecule has 3 N–H and O–H groups in total. The minimum absolute atomic E-state index is 0.0981. The van der Waals surface area contributed by atoms with Crippen molar-refractivity contribution >= 4 is 29.0 Å². The van der Waals surface area contributed by atoms with Gasteiger partial charge in [-0.3, -0.25) is 9.59 Å². The SMILES string of the molecule is CC(C)(C)CC(=O)N(Cc1cccc(CN)c1)Cc1cccc(-c2ccc(N3CCN(c4ccccn4)CC3)c(NC(=O)C3CC3)c2)c1. The van der Waals surface area contributed by atoms with E-state index >= 15 is 0 Å². The zero-order valence-electron chi connectivity index (χ0n) is 28.5. The Kier molecular flexibility index (Phi) is 10.1. The highest BCUT2D eigenvalue weighted by molar-refractivity contribution is 5.98. The Balaban J connectivity index is 1.24. The van der Waals surface area contributed by atoms with E-state index in [4.69, 9.17) is 5.73 Å². The molecule has 0 spiro atoms. The Bertz CT molecular complexity index is 1720. The zero-order valence-corrected chi connectivity index (χ0v) is 28.5. The van der Waals surface area contributed by atoms with Crippen molar-refractivity contribution in [2.24, 2.45) is 17.1 Å². The van der Waals surface area contributed by atoms with E-state index in [2.05, 4.69) is 102 Å². The van der Waals surface area contributed by atoms with Gasteiger partial charge in [-0.05, 0) is 76.4 Å².